The van der Waals surface area contributed by atoms with E-state index in [1.807, 2.05) is 13.8 Å². The maximum atomic E-state index is 13.5. The molecule has 0 heterocycles. The van der Waals surface area contributed by atoms with Crippen LogP contribution in [-0.4, -0.2) is 5.92 Å². The van der Waals surface area contributed by atoms with Crippen molar-refractivity contribution in [1.29, 1.82) is 0 Å². The number of hydrogen-bond donors (Lipinski definition) is 0. The van der Waals surface area contributed by atoms with E-state index in [4.69, 9.17) is 0 Å². The van der Waals surface area contributed by atoms with E-state index in [0.717, 1.165) is 31.3 Å². The average Bonchev–Trinajstić information content (AvgIpc) is 2.24. The van der Waals surface area contributed by atoms with E-state index >= 15 is 0 Å². The molecule has 0 rings (SSSR count). The molecule has 0 spiro atoms. The van der Waals surface area contributed by atoms with Gasteiger partial charge in [0.25, 0.3) is 5.92 Å². The highest BCUT2D eigenvalue weighted by molar-refractivity contribution is 5.07. The molecular formula is C14H24F2. The van der Waals surface area contributed by atoms with Gasteiger partial charge >= 0.3 is 0 Å². The Balaban J connectivity index is 3.82. The maximum Gasteiger partial charge on any atom is 0.269 e. The van der Waals surface area contributed by atoms with Crippen LogP contribution in [-0.2, 0) is 0 Å². The van der Waals surface area contributed by atoms with Gasteiger partial charge in [-0.1, -0.05) is 39.0 Å². The van der Waals surface area contributed by atoms with Gasteiger partial charge in [0.05, 0.1) is 0 Å². The van der Waals surface area contributed by atoms with Gasteiger partial charge in [0.2, 0.25) is 0 Å². The fourth-order valence-electron chi connectivity index (χ4n) is 1.56. The quantitative estimate of drug-likeness (QED) is 0.362. The van der Waals surface area contributed by atoms with Crippen molar-refractivity contribution in [2.45, 2.75) is 64.7 Å². The Morgan fingerprint density at radius 1 is 1.06 bits per heavy atom. The lowest BCUT2D eigenvalue weighted by Gasteiger charge is -2.18. The molecule has 0 radical (unpaired) electrons. The third-order valence-corrected chi connectivity index (χ3v) is 2.84. The van der Waals surface area contributed by atoms with Gasteiger partial charge in [-0.05, 0) is 37.7 Å². The third kappa shape index (κ3) is 6.04. The van der Waals surface area contributed by atoms with Crippen LogP contribution < -0.4 is 0 Å². The molecule has 0 saturated heterocycles. The normalized spacial score (nSPS) is 11.5. The lowest BCUT2D eigenvalue weighted by Crippen LogP contribution is -2.18. The molecule has 0 amide bonds. The molecule has 0 aliphatic carbocycles. The molecule has 0 aliphatic rings. The second-order valence-electron chi connectivity index (χ2n) is 4.37. The van der Waals surface area contributed by atoms with Crippen molar-refractivity contribution in [2.24, 2.45) is 0 Å². The van der Waals surface area contributed by atoms with Gasteiger partial charge in [-0.3, -0.25) is 0 Å². The Kier molecular flexibility index (Phi) is 7.27. The molecule has 0 aromatic rings. The molecule has 0 bridgehead atoms. The van der Waals surface area contributed by atoms with Crippen molar-refractivity contribution in [3.05, 3.63) is 24.3 Å². The molecule has 0 aromatic heterocycles. The van der Waals surface area contributed by atoms with Crippen LogP contribution in [0.5, 0.6) is 0 Å². The minimum atomic E-state index is -2.68. The first-order valence-electron chi connectivity index (χ1n) is 6.16. The summed E-state index contributed by atoms with van der Waals surface area (Å²) in [4.78, 5) is 0. The van der Waals surface area contributed by atoms with Gasteiger partial charge in [-0.15, -0.1) is 0 Å². The first-order chi connectivity index (χ1) is 7.44. The largest absolute Gasteiger partial charge is 0.269 e. The van der Waals surface area contributed by atoms with Crippen LogP contribution in [0.4, 0.5) is 8.78 Å². The highest BCUT2D eigenvalue weighted by atomic mass is 19.3. The molecule has 0 atom stereocenters. The van der Waals surface area contributed by atoms with Gasteiger partial charge in [0, 0.05) is 6.42 Å². The molecular weight excluding hydrogens is 206 g/mol. The van der Waals surface area contributed by atoms with Gasteiger partial charge in [-0.2, -0.15) is 0 Å². The summed E-state index contributed by atoms with van der Waals surface area (Å²) >= 11 is 0. The van der Waals surface area contributed by atoms with Crippen LogP contribution in [0.1, 0.15) is 58.8 Å². The Morgan fingerprint density at radius 3 is 2.19 bits per heavy atom. The van der Waals surface area contributed by atoms with Crippen molar-refractivity contribution in [3.63, 3.8) is 0 Å². The first-order valence-corrected chi connectivity index (χ1v) is 6.16. The highest BCUT2D eigenvalue weighted by Crippen LogP contribution is 2.31. The first kappa shape index (κ1) is 15.3. The second kappa shape index (κ2) is 7.59. The van der Waals surface area contributed by atoms with E-state index in [1.54, 1.807) is 0 Å². The predicted octanol–water partition coefficient (Wildman–Crippen LogP) is 5.50. The molecule has 0 saturated carbocycles. The van der Waals surface area contributed by atoms with Gasteiger partial charge in [0.15, 0.2) is 0 Å². The van der Waals surface area contributed by atoms with Crippen molar-refractivity contribution in [2.75, 3.05) is 0 Å². The summed E-state index contributed by atoms with van der Waals surface area (Å²) in [7, 11) is 0. The molecule has 0 aromatic carbocycles. The van der Waals surface area contributed by atoms with E-state index in [2.05, 4.69) is 13.2 Å². The zero-order valence-electron chi connectivity index (χ0n) is 10.6. The van der Waals surface area contributed by atoms with Crippen LogP contribution >= 0.6 is 0 Å². The lowest BCUT2D eigenvalue weighted by molar-refractivity contribution is 0.0266. The lowest BCUT2D eigenvalue weighted by atomic mass is 9.98. The third-order valence-electron chi connectivity index (χ3n) is 2.84. The van der Waals surface area contributed by atoms with Crippen LogP contribution in [0.25, 0.3) is 0 Å². The summed E-state index contributed by atoms with van der Waals surface area (Å²) in [6, 6.07) is 0. The van der Waals surface area contributed by atoms with Crippen molar-refractivity contribution in [1.82, 2.24) is 0 Å². The molecule has 0 N–H and O–H groups in total. The molecule has 2 heteroatoms. The minimum Gasteiger partial charge on any atom is -0.202 e. The highest BCUT2D eigenvalue weighted by Gasteiger charge is 2.30. The Morgan fingerprint density at radius 2 is 1.69 bits per heavy atom. The van der Waals surface area contributed by atoms with Crippen LogP contribution in [0.2, 0.25) is 0 Å². The minimum absolute atomic E-state index is 0.0666. The number of alkyl halides is 2. The van der Waals surface area contributed by atoms with Crippen LogP contribution in [0.3, 0.4) is 0 Å². The maximum absolute atomic E-state index is 13.5. The van der Waals surface area contributed by atoms with Gasteiger partial charge in [0.1, 0.15) is 0 Å². The Bertz CT molecular complexity index is 229. The van der Waals surface area contributed by atoms with Gasteiger partial charge < -0.3 is 0 Å². The Labute approximate surface area is 98.4 Å². The fraction of sp³-hybridized carbons (Fsp3) is 0.714. The second-order valence-corrected chi connectivity index (χ2v) is 4.37. The smallest absolute Gasteiger partial charge is 0.202 e. The van der Waals surface area contributed by atoms with E-state index in [9.17, 15) is 8.78 Å². The predicted molar refractivity (Wildman–Crippen MR) is 66.9 cm³/mol. The molecule has 94 valence electrons. The zero-order valence-corrected chi connectivity index (χ0v) is 10.6. The number of hydrogen-bond acceptors (Lipinski definition) is 0. The van der Waals surface area contributed by atoms with Crippen molar-refractivity contribution in [3.8, 4) is 0 Å². The van der Waals surface area contributed by atoms with Gasteiger partial charge in [-0.25, -0.2) is 8.78 Å². The summed E-state index contributed by atoms with van der Waals surface area (Å²) in [5.41, 5.74) is 1.24. The molecule has 0 fully saturated rings. The number of unbranched alkanes of at least 4 members (excludes halogenated alkanes) is 1. The monoisotopic (exact) mass is 230 g/mol. The SMILES string of the molecule is C=C(CC)CCCCC(F)(F)C(=C)CCC. The fourth-order valence-corrected chi connectivity index (χ4v) is 1.56. The Hall–Kier alpha value is -0.660. The van der Waals surface area contributed by atoms with Crippen molar-refractivity contribution >= 4 is 0 Å². The average molecular weight is 230 g/mol. The molecule has 0 nitrogen and oxygen atoms in total. The summed E-state index contributed by atoms with van der Waals surface area (Å²) in [6.07, 6.45) is 4.26. The summed E-state index contributed by atoms with van der Waals surface area (Å²) in [5, 5.41) is 0. The number of rotatable bonds is 9. The number of halogens is 2. The topological polar surface area (TPSA) is 0 Å². The van der Waals surface area contributed by atoms with Crippen LogP contribution in [0, 0.1) is 0 Å². The van der Waals surface area contributed by atoms with E-state index < -0.39 is 5.92 Å². The number of allylic oxidation sites excluding steroid dienone is 2. The van der Waals surface area contributed by atoms with E-state index in [-0.39, 0.29) is 12.0 Å². The van der Waals surface area contributed by atoms with E-state index in [1.165, 1.54) is 0 Å². The molecule has 0 unspecified atom stereocenters. The summed E-state index contributed by atoms with van der Waals surface area (Å²) in [6.45, 7) is 11.3. The molecule has 16 heavy (non-hydrogen) atoms. The van der Waals surface area contributed by atoms with E-state index in [0.29, 0.717) is 12.8 Å². The van der Waals surface area contributed by atoms with Crippen molar-refractivity contribution < 1.29 is 8.78 Å². The van der Waals surface area contributed by atoms with Crippen LogP contribution in [0.15, 0.2) is 24.3 Å². The summed E-state index contributed by atoms with van der Waals surface area (Å²) in [5.74, 6) is -2.68. The standard InChI is InChI=1S/C14H24F2/c1-5-9-13(4)14(15,16)11-8-7-10-12(3)6-2/h3-11H2,1-2H3. The zero-order chi connectivity index (χ0) is 12.6. The summed E-state index contributed by atoms with van der Waals surface area (Å²) < 4.78 is 27.0. The molecule has 0 aliphatic heterocycles.